The Morgan fingerprint density at radius 1 is 1.38 bits per heavy atom. The van der Waals surface area contributed by atoms with Gasteiger partial charge in [-0.05, 0) is 22.4 Å². The minimum atomic E-state index is -0.337. The molecule has 3 rings (SSSR count). The quantitative estimate of drug-likeness (QED) is 0.823. The Hall–Kier alpha value is -1.40. The summed E-state index contributed by atoms with van der Waals surface area (Å²) in [6.45, 7) is 0. The molecular formula is C10H7N3OS2. The molecule has 2 aliphatic heterocycles. The molecule has 1 aromatic heterocycles. The van der Waals surface area contributed by atoms with Crippen molar-refractivity contribution >= 4 is 45.6 Å². The summed E-state index contributed by atoms with van der Waals surface area (Å²) < 4.78 is 0. The molecule has 0 aromatic carbocycles. The van der Waals surface area contributed by atoms with E-state index in [9.17, 15) is 4.79 Å². The zero-order valence-corrected chi connectivity index (χ0v) is 9.72. The Balaban J connectivity index is 2.03. The van der Waals surface area contributed by atoms with Crippen LogP contribution in [0.3, 0.4) is 0 Å². The van der Waals surface area contributed by atoms with Gasteiger partial charge in [0.05, 0.1) is 5.04 Å². The smallest absolute Gasteiger partial charge is 0.263 e. The maximum absolute atomic E-state index is 11.8. The normalized spacial score (nSPS) is 23.6. The van der Waals surface area contributed by atoms with Crippen molar-refractivity contribution in [2.75, 3.05) is 0 Å². The third-order valence-corrected chi connectivity index (χ3v) is 4.23. The summed E-state index contributed by atoms with van der Waals surface area (Å²) in [5.41, 5.74) is 6.44. The molecule has 3 heterocycles. The summed E-state index contributed by atoms with van der Waals surface area (Å²) in [6.07, 6.45) is 0. The number of nitrogens with two attached hydrogens (primary N) is 1. The minimum Gasteiger partial charge on any atom is -0.368 e. The maximum Gasteiger partial charge on any atom is 0.263 e. The van der Waals surface area contributed by atoms with Gasteiger partial charge in [0.25, 0.3) is 5.91 Å². The second kappa shape index (κ2) is 3.57. The SMILES string of the molecule is NC1=NC(=O)C2C(c3cccs3)=CSC2=N1. The molecule has 1 aromatic rings. The molecule has 0 radical (unpaired) electrons. The fraction of sp³-hybridized carbons (Fsp3) is 0.100. The third kappa shape index (κ3) is 1.42. The summed E-state index contributed by atoms with van der Waals surface area (Å²) in [6, 6.07) is 3.96. The van der Waals surface area contributed by atoms with E-state index in [4.69, 9.17) is 5.73 Å². The molecule has 0 spiro atoms. The zero-order valence-electron chi connectivity index (χ0n) is 8.08. The van der Waals surface area contributed by atoms with Crippen molar-refractivity contribution < 1.29 is 4.79 Å². The number of carbonyl (C=O) groups excluding carboxylic acids is 1. The molecule has 16 heavy (non-hydrogen) atoms. The number of guanidine groups is 1. The first-order chi connectivity index (χ1) is 7.75. The summed E-state index contributed by atoms with van der Waals surface area (Å²) in [7, 11) is 0. The van der Waals surface area contributed by atoms with Crippen molar-refractivity contribution in [3.63, 3.8) is 0 Å². The number of rotatable bonds is 1. The predicted molar refractivity (Wildman–Crippen MR) is 67.4 cm³/mol. The monoisotopic (exact) mass is 249 g/mol. The molecule has 1 atom stereocenters. The Morgan fingerprint density at radius 3 is 3.00 bits per heavy atom. The number of thiophene rings is 1. The topological polar surface area (TPSA) is 67.8 Å². The first kappa shape index (κ1) is 9.80. The van der Waals surface area contributed by atoms with Crippen LogP contribution in [-0.4, -0.2) is 16.9 Å². The van der Waals surface area contributed by atoms with E-state index in [1.165, 1.54) is 11.8 Å². The van der Waals surface area contributed by atoms with E-state index in [-0.39, 0.29) is 17.8 Å². The van der Waals surface area contributed by atoms with E-state index in [0.29, 0.717) is 0 Å². The van der Waals surface area contributed by atoms with E-state index in [1.807, 2.05) is 22.9 Å². The molecule has 0 fully saturated rings. The van der Waals surface area contributed by atoms with Crippen LogP contribution in [0.15, 0.2) is 32.9 Å². The first-order valence-electron chi connectivity index (χ1n) is 4.63. The van der Waals surface area contributed by atoms with Crippen molar-refractivity contribution in [2.24, 2.45) is 21.6 Å². The van der Waals surface area contributed by atoms with Gasteiger partial charge in [0.15, 0.2) is 0 Å². The Bertz CT molecular complexity index is 542. The first-order valence-corrected chi connectivity index (χ1v) is 6.39. The van der Waals surface area contributed by atoms with E-state index in [0.717, 1.165) is 15.5 Å². The number of aliphatic imine (C=N–C) groups is 2. The van der Waals surface area contributed by atoms with Crippen LogP contribution in [0.1, 0.15) is 4.88 Å². The van der Waals surface area contributed by atoms with Crippen molar-refractivity contribution in [1.29, 1.82) is 0 Å². The van der Waals surface area contributed by atoms with Crippen LogP contribution in [-0.2, 0) is 4.79 Å². The number of fused-ring (bicyclic) bond motifs is 1. The molecule has 0 saturated heterocycles. The van der Waals surface area contributed by atoms with Crippen LogP contribution in [0, 0.1) is 5.92 Å². The van der Waals surface area contributed by atoms with Gasteiger partial charge >= 0.3 is 0 Å². The lowest BCUT2D eigenvalue weighted by Gasteiger charge is -2.14. The lowest BCUT2D eigenvalue weighted by molar-refractivity contribution is -0.118. The molecule has 4 nitrogen and oxygen atoms in total. The van der Waals surface area contributed by atoms with Crippen molar-refractivity contribution in [1.82, 2.24) is 0 Å². The number of carbonyl (C=O) groups is 1. The van der Waals surface area contributed by atoms with Crippen LogP contribution < -0.4 is 5.73 Å². The van der Waals surface area contributed by atoms with E-state index in [1.54, 1.807) is 11.3 Å². The van der Waals surface area contributed by atoms with Crippen LogP contribution in [0.4, 0.5) is 0 Å². The predicted octanol–water partition coefficient (Wildman–Crippen LogP) is 1.71. The Kier molecular flexibility index (Phi) is 2.19. The summed E-state index contributed by atoms with van der Waals surface area (Å²) in [4.78, 5) is 20.7. The van der Waals surface area contributed by atoms with Gasteiger partial charge in [-0.1, -0.05) is 17.8 Å². The van der Waals surface area contributed by atoms with Crippen LogP contribution >= 0.6 is 23.1 Å². The fourth-order valence-electron chi connectivity index (χ4n) is 1.68. The molecular weight excluding hydrogens is 242 g/mol. The highest BCUT2D eigenvalue weighted by atomic mass is 32.2. The fourth-order valence-corrected chi connectivity index (χ4v) is 3.55. The second-order valence-corrected chi connectivity index (χ2v) is 5.20. The number of hydrogen-bond acceptors (Lipinski definition) is 5. The molecule has 0 aliphatic carbocycles. The number of thioether (sulfide) groups is 1. The zero-order chi connectivity index (χ0) is 11.1. The van der Waals surface area contributed by atoms with Crippen LogP contribution in [0.2, 0.25) is 0 Å². The van der Waals surface area contributed by atoms with Gasteiger partial charge < -0.3 is 5.73 Å². The lowest BCUT2D eigenvalue weighted by atomic mass is 9.99. The Morgan fingerprint density at radius 2 is 2.25 bits per heavy atom. The van der Waals surface area contributed by atoms with Gasteiger partial charge in [-0.3, -0.25) is 4.79 Å². The standard InChI is InChI=1S/C10H7N3OS2/c11-10-12-8(14)7-5(4-16-9(7)13-10)6-2-1-3-15-6/h1-4,7H,(H2,11,12,14). The van der Waals surface area contributed by atoms with Crippen molar-refractivity contribution in [3.8, 4) is 0 Å². The molecule has 6 heteroatoms. The van der Waals surface area contributed by atoms with E-state index < -0.39 is 0 Å². The van der Waals surface area contributed by atoms with Gasteiger partial charge in [0, 0.05) is 4.88 Å². The van der Waals surface area contributed by atoms with E-state index in [2.05, 4.69) is 9.98 Å². The Labute approximate surface area is 100.0 Å². The highest BCUT2D eigenvalue weighted by Gasteiger charge is 2.36. The molecule has 0 saturated carbocycles. The molecule has 2 aliphatic rings. The van der Waals surface area contributed by atoms with Crippen molar-refractivity contribution in [3.05, 3.63) is 27.8 Å². The number of hydrogen-bond donors (Lipinski definition) is 1. The summed E-state index contributed by atoms with van der Waals surface area (Å²) in [5, 5.41) is 4.68. The van der Waals surface area contributed by atoms with Gasteiger partial charge in [0.2, 0.25) is 5.96 Å². The van der Waals surface area contributed by atoms with Crippen LogP contribution in [0.5, 0.6) is 0 Å². The average Bonchev–Trinajstić information content (AvgIpc) is 2.82. The maximum atomic E-state index is 11.8. The molecule has 80 valence electrons. The molecule has 1 amide bonds. The average molecular weight is 249 g/mol. The highest BCUT2D eigenvalue weighted by molar-refractivity contribution is 8.17. The largest absolute Gasteiger partial charge is 0.368 e. The third-order valence-electron chi connectivity index (χ3n) is 2.37. The number of nitrogens with zero attached hydrogens (tertiary/aromatic N) is 2. The number of amides is 1. The molecule has 2 N–H and O–H groups in total. The highest BCUT2D eigenvalue weighted by Crippen LogP contribution is 2.41. The van der Waals surface area contributed by atoms with E-state index >= 15 is 0 Å². The van der Waals surface area contributed by atoms with Gasteiger partial charge in [-0.2, -0.15) is 4.99 Å². The van der Waals surface area contributed by atoms with Gasteiger partial charge in [0.1, 0.15) is 5.92 Å². The van der Waals surface area contributed by atoms with Crippen molar-refractivity contribution in [2.45, 2.75) is 0 Å². The summed E-state index contributed by atoms with van der Waals surface area (Å²) >= 11 is 3.06. The minimum absolute atomic E-state index is 0.0598. The van der Waals surface area contributed by atoms with Gasteiger partial charge in [-0.25, -0.2) is 4.99 Å². The lowest BCUT2D eigenvalue weighted by Crippen LogP contribution is -2.28. The summed E-state index contributed by atoms with van der Waals surface area (Å²) in [5.74, 6) is -0.493. The second-order valence-electron chi connectivity index (χ2n) is 3.36. The van der Waals surface area contributed by atoms with Gasteiger partial charge in [-0.15, -0.1) is 11.3 Å². The molecule has 0 bridgehead atoms. The van der Waals surface area contributed by atoms with Crippen LogP contribution in [0.25, 0.3) is 5.57 Å². The molecule has 1 unspecified atom stereocenters.